The summed E-state index contributed by atoms with van der Waals surface area (Å²) < 4.78 is 0. The van der Waals surface area contributed by atoms with Crippen LogP contribution in [0.15, 0.2) is 24.3 Å². The van der Waals surface area contributed by atoms with Crippen LogP contribution in [0.2, 0.25) is 0 Å². The lowest BCUT2D eigenvalue weighted by molar-refractivity contribution is -0.123. The van der Waals surface area contributed by atoms with Gasteiger partial charge in [0, 0.05) is 26.3 Å². The molecule has 0 unspecified atom stereocenters. The highest BCUT2D eigenvalue weighted by Crippen LogP contribution is 2.12. The second-order valence-electron chi connectivity index (χ2n) is 5.19. The number of nitrogens with one attached hydrogen (secondary N) is 1. The van der Waals surface area contributed by atoms with Gasteiger partial charge in [-0.1, -0.05) is 32.4 Å². The molecule has 4 heteroatoms. The molecule has 0 bridgehead atoms. The zero-order valence-electron chi connectivity index (χ0n) is 12.3. The largest absolute Gasteiger partial charge is 0.378 e. The predicted octanol–water partition coefficient (Wildman–Crippen LogP) is 1.74. The van der Waals surface area contributed by atoms with Crippen LogP contribution in [0, 0.1) is 5.92 Å². The topological polar surface area (TPSA) is 58.4 Å². The van der Waals surface area contributed by atoms with Crippen molar-refractivity contribution < 1.29 is 4.79 Å². The van der Waals surface area contributed by atoms with Gasteiger partial charge in [0.25, 0.3) is 0 Å². The fraction of sp³-hybridized carbons (Fsp3) is 0.533. The molecule has 0 radical (unpaired) electrons. The van der Waals surface area contributed by atoms with Crippen molar-refractivity contribution in [2.24, 2.45) is 11.7 Å². The standard InChI is InChI=1S/C15H25N3O/c1-5-11(2)14(16)15(19)17-10-12-6-8-13(9-7-12)18(3)4/h6-9,11,14H,5,10,16H2,1-4H3,(H,17,19)/t11-,14-/m0/s1. The first-order valence-electron chi connectivity index (χ1n) is 6.75. The van der Waals surface area contributed by atoms with Gasteiger partial charge in [-0.15, -0.1) is 0 Å². The Morgan fingerprint density at radius 1 is 1.32 bits per heavy atom. The number of anilines is 1. The van der Waals surface area contributed by atoms with Crippen LogP contribution in [0.4, 0.5) is 5.69 Å². The van der Waals surface area contributed by atoms with Crippen LogP contribution in [0.3, 0.4) is 0 Å². The molecule has 0 spiro atoms. The average Bonchev–Trinajstić information content (AvgIpc) is 2.43. The van der Waals surface area contributed by atoms with E-state index in [0.29, 0.717) is 6.54 Å². The zero-order chi connectivity index (χ0) is 14.4. The average molecular weight is 263 g/mol. The Hall–Kier alpha value is -1.55. The van der Waals surface area contributed by atoms with Gasteiger partial charge in [0.2, 0.25) is 5.91 Å². The maximum absolute atomic E-state index is 11.8. The second-order valence-corrected chi connectivity index (χ2v) is 5.19. The summed E-state index contributed by atoms with van der Waals surface area (Å²) in [6.07, 6.45) is 0.909. The zero-order valence-corrected chi connectivity index (χ0v) is 12.3. The normalized spacial score (nSPS) is 13.7. The van der Waals surface area contributed by atoms with Gasteiger partial charge < -0.3 is 16.0 Å². The predicted molar refractivity (Wildman–Crippen MR) is 80.0 cm³/mol. The SMILES string of the molecule is CC[C@H](C)[C@H](N)C(=O)NCc1ccc(N(C)C)cc1. The third-order valence-electron chi connectivity index (χ3n) is 3.48. The molecule has 0 saturated heterocycles. The van der Waals surface area contributed by atoms with Crippen molar-refractivity contribution >= 4 is 11.6 Å². The summed E-state index contributed by atoms with van der Waals surface area (Å²) in [5.41, 5.74) is 8.10. The van der Waals surface area contributed by atoms with Crippen molar-refractivity contribution in [1.82, 2.24) is 5.32 Å². The molecule has 4 nitrogen and oxygen atoms in total. The first-order chi connectivity index (χ1) is 8.95. The first kappa shape index (κ1) is 15.5. The molecule has 0 heterocycles. The van der Waals surface area contributed by atoms with Gasteiger partial charge in [-0.25, -0.2) is 0 Å². The van der Waals surface area contributed by atoms with Crippen molar-refractivity contribution in [3.05, 3.63) is 29.8 Å². The molecule has 1 amide bonds. The Balaban J connectivity index is 2.50. The number of nitrogens with two attached hydrogens (primary N) is 1. The quantitative estimate of drug-likeness (QED) is 0.822. The first-order valence-corrected chi connectivity index (χ1v) is 6.75. The van der Waals surface area contributed by atoms with Crippen LogP contribution >= 0.6 is 0 Å². The molecule has 0 aromatic heterocycles. The number of rotatable bonds is 6. The molecule has 0 fully saturated rings. The summed E-state index contributed by atoms with van der Waals surface area (Å²) in [7, 11) is 4.00. The fourth-order valence-electron chi connectivity index (χ4n) is 1.73. The minimum atomic E-state index is -0.425. The number of hydrogen-bond acceptors (Lipinski definition) is 3. The number of carbonyl (C=O) groups excluding carboxylic acids is 1. The highest BCUT2D eigenvalue weighted by Gasteiger charge is 2.18. The van der Waals surface area contributed by atoms with Crippen LogP contribution in [-0.4, -0.2) is 26.0 Å². The lowest BCUT2D eigenvalue weighted by Gasteiger charge is -2.18. The summed E-state index contributed by atoms with van der Waals surface area (Å²) in [4.78, 5) is 13.9. The van der Waals surface area contributed by atoms with E-state index in [1.165, 1.54) is 0 Å². The van der Waals surface area contributed by atoms with E-state index >= 15 is 0 Å². The Morgan fingerprint density at radius 2 is 1.89 bits per heavy atom. The lowest BCUT2D eigenvalue weighted by Crippen LogP contribution is -2.44. The highest BCUT2D eigenvalue weighted by molar-refractivity contribution is 5.81. The second kappa shape index (κ2) is 7.14. The molecule has 3 N–H and O–H groups in total. The van der Waals surface area contributed by atoms with Gasteiger partial charge in [-0.3, -0.25) is 4.79 Å². The van der Waals surface area contributed by atoms with Gasteiger partial charge in [0.1, 0.15) is 0 Å². The van der Waals surface area contributed by atoms with E-state index in [2.05, 4.69) is 5.32 Å². The molecule has 1 aromatic rings. The van der Waals surface area contributed by atoms with E-state index in [4.69, 9.17) is 5.73 Å². The lowest BCUT2D eigenvalue weighted by atomic mass is 9.99. The molecule has 0 aliphatic heterocycles. The summed E-state index contributed by atoms with van der Waals surface area (Å²) in [5, 5.41) is 2.89. The van der Waals surface area contributed by atoms with Crippen LogP contribution < -0.4 is 16.0 Å². The van der Waals surface area contributed by atoms with Crippen molar-refractivity contribution in [3.63, 3.8) is 0 Å². The van der Waals surface area contributed by atoms with E-state index in [0.717, 1.165) is 17.7 Å². The molecule has 1 aromatic carbocycles. The molecule has 0 saturated carbocycles. The van der Waals surface area contributed by atoms with Crippen molar-refractivity contribution in [2.45, 2.75) is 32.9 Å². The molecule has 2 atom stereocenters. The number of benzene rings is 1. The van der Waals surface area contributed by atoms with E-state index in [9.17, 15) is 4.79 Å². The smallest absolute Gasteiger partial charge is 0.237 e. The number of hydrogen-bond donors (Lipinski definition) is 2. The van der Waals surface area contributed by atoms with Gasteiger partial charge in [0.05, 0.1) is 6.04 Å². The summed E-state index contributed by atoms with van der Waals surface area (Å²) in [6, 6.07) is 7.69. The third kappa shape index (κ3) is 4.56. The highest BCUT2D eigenvalue weighted by atomic mass is 16.2. The van der Waals surface area contributed by atoms with Gasteiger partial charge in [-0.05, 0) is 23.6 Å². The van der Waals surface area contributed by atoms with E-state index in [-0.39, 0.29) is 11.8 Å². The van der Waals surface area contributed by atoms with Gasteiger partial charge in [-0.2, -0.15) is 0 Å². The fourth-order valence-corrected chi connectivity index (χ4v) is 1.73. The molecule has 0 aliphatic rings. The van der Waals surface area contributed by atoms with Crippen molar-refractivity contribution in [2.75, 3.05) is 19.0 Å². The third-order valence-corrected chi connectivity index (χ3v) is 3.48. The summed E-state index contributed by atoms with van der Waals surface area (Å²) in [6.45, 7) is 4.56. The van der Waals surface area contributed by atoms with E-state index < -0.39 is 6.04 Å². The molecular weight excluding hydrogens is 238 g/mol. The Labute approximate surface area is 116 Å². The van der Waals surface area contributed by atoms with Crippen LogP contribution in [0.1, 0.15) is 25.8 Å². The minimum absolute atomic E-state index is 0.0777. The Morgan fingerprint density at radius 3 is 2.37 bits per heavy atom. The molecule has 1 rings (SSSR count). The molecule has 106 valence electrons. The maximum Gasteiger partial charge on any atom is 0.237 e. The van der Waals surface area contributed by atoms with Crippen molar-refractivity contribution in [3.8, 4) is 0 Å². The van der Waals surface area contributed by atoms with E-state index in [1.807, 2.05) is 57.1 Å². The monoisotopic (exact) mass is 263 g/mol. The molecular formula is C15H25N3O. The van der Waals surface area contributed by atoms with Crippen LogP contribution in [0.25, 0.3) is 0 Å². The number of amides is 1. The molecule has 0 aliphatic carbocycles. The number of carbonyl (C=O) groups is 1. The Bertz CT molecular complexity index is 400. The number of nitrogens with zero attached hydrogens (tertiary/aromatic N) is 1. The minimum Gasteiger partial charge on any atom is -0.378 e. The van der Waals surface area contributed by atoms with Gasteiger partial charge >= 0.3 is 0 Å². The van der Waals surface area contributed by atoms with Crippen LogP contribution in [0.5, 0.6) is 0 Å². The van der Waals surface area contributed by atoms with Crippen LogP contribution in [-0.2, 0) is 11.3 Å². The maximum atomic E-state index is 11.8. The molecule has 19 heavy (non-hydrogen) atoms. The summed E-state index contributed by atoms with van der Waals surface area (Å²) in [5.74, 6) is 0.127. The van der Waals surface area contributed by atoms with E-state index in [1.54, 1.807) is 0 Å². The summed E-state index contributed by atoms with van der Waals surface area (Å²) >= 11 is 0. The Kier molecular flexibility index (Phi) is 5.83. The van der Waals surface area contributed by atoms with Crippen molar-refractivity contribution in [1.29, 1.82) is 0 Å². The van der Waals surface area contributed by atoms with Gasteiger partial charge in [0.15, 0.2) is 0 Å².